The van der Waals surface area contributed by atoms with Crippen molar-refractivity contribution < 1.29 is 4.74 Å². The largest absolute Gasteiger partial charge is 0.381 e. The molecule has 0 bridgehead atoms. The fourth-order valence-corrected chi connectivity index (χ4v) is 2.84. The van der Waals surface area contributed by atoms with E-state index in [1.807, 2.05) is 0 Å². The van der Waals surface area contributed by atoms with Gasteiger partial charge in [-0.1, -0.05) is 0 Å². The van der Waals surface area contributed by atoms with Crippen LogP contribution in [0, 0.1) is 13.8 Å². The van der Waals surface area contributed by atoms with Crippen molar-refractivity contribution >= 4 is 5.95 Å². The summed E-state index contributed by atoms with van der Waals surface area (Å²) in [5, 5.41) is 3.24. The third-order valence-corrected chi connectivity index (χ3v) is 4.06. The van der Waals surface area contributed by atoms with Crippen LogP contribution < -0.4 is 16.4 Å². The Hall–Kier alpha value is -2.48. The molecule has 1 saturated heterocycles. The fraction of sp³-hybridized carbons (Fsp3) is 0.500. The van der Waals surface area contributed by atoms with Gasteiger partial charge in [0, 0.05) is 43.0 Å². The molecule has 0 amide bonds. The highest BCUT2D eigenvalue weighted by molar-refractivity contribution is 5.30. The maximum absolute atomic E-state index is 12.1. The Balaban J connectivity index is 1.84. The lowest BCUT2D eigenvalue weighted by Gasteiger charge is -2.23. The zero-order valence-corrected chi connectivity index (χ0v) is 13.8. The summed E-state index contributed by atoms with van der Waals surface area (Å²) in [5.41, 5.74) is 1.27. The first-order valence-corrected chi connectivity index (χ1v) is 8.02. The minimum absolute atomic E-state index is 0.193. The number of aryl methyl sites for hydroxylation is 2. The molecule has 3 heterocycles. The Labute approximate surface area is 138 Å². The highest BCUT2D eigenvalue weighted by atomic mass is 16.5. The number of anilines is 1. The zero-order valence-electron chi connectivity index (χ0n) is 13.8. The van der Waals surface area contributed by atoms with Crippen molar-refractivity contribution in [3.05, 3.63) is 49.5 Å². The number of hydrogen-bond acceptors (Lipinski definition) is 6. The Morgan fingerprint density at radius 3 is 2.67 bits per heavy atom. The van der Waals surface area contributed by atoms with Crippen LogP contribution in [0.3, 0.4) is 0 Å². The van der Waals surface area contributed by atoms with Crippen molar-refractivity contribution in [3.63, 3.8) is 0 Å². The van der Waals surface area contributed by atoms with Crippen LogP contribution in [0.4, 0.5) is 5.95 Å². The monoisotopic (exact) mass is 331 g/mol. The fourth-order valence-electron chi connectivity index (χ4n) is 2.84. The van der Waals surface area contributed by atoms with Crippen LogP contribution in [0.25, 0.3) is 0 Å². The second-order valence-electron chi connectivity index (χ2n) is 6.01. The summed E-state index contributed by atoms with van der Waals surface area (Å²) in [4.78, 5) is 38.1. The van der Waals surface area contributed by atoms with E-state index in [-0.39, 0.29) is 23.6 Å². The van der Waals surface area contributed by atoms with Gasteiger partial charge in [0.05, 0.1) is 5.69 Å². The van der Waals surface area contributed by atoms with Gasteiger partial charge in [-0.05, 0) is 26.7 Å². The molecule has 0 spiro atoms. The molecule has 0 saturated carbocycles. The maximum Gasteiger partial charge on any atom is 0.254 e. The SMILES string of the molecule is Cc1nc(C)c(Cc2cc(=O)[nH]c(NC3CCOCC3)n2)c(=O)[nH]1. The van der Waals surface area contributed by atoms with Gasteiger partial charge >= 0.3 is 0 Å². The van der Waals surface area contributed by atoms with E-state index in [2.05, 4.69) is 25.3 Å². The Kier molecular flexibility index (Phi) is 4.75. The van der Waals surface area contributed by atoms with Gasteiger partial charge < -0.3 is 15.0 Å². The summed E-state index contributed by atoms with van der Waals surface area (Å²) in [6.07, 6.45) is 2.00. The average molecular weight is 331 g/mol. The van der Waals surface area contributed by atoms with Crippen molar-refractivity contribution in [3.8, 4) is 0 Å². The number of aromatic nitrogens is 4. The van der Waals surface area contributed by atoms with E-state index in [4.69, 9.17) is 4.74 Å². The molecule has 0 aliphatic carbocycles. The molecule has 0 unspecified atom stereocenters. The third-order valence-electron chi connectivity index (χ3n) is 4.06. The van der Waals surface area contributed by atoms with E-state index in [1.54, 1.807) is 13.8 Å². The topological polar surface area (TPSA) is 113 Å². The Bertz CT molecular complexity index is 836. The van der Waals surface area contributed by atoms with Crippen LogP contribution in [0.5, 0.6) is 0 Å². The first kappa shape index (κ1) is 16.4. The lowest BCUT2D eigenvalue weighted by atomic mass is 10.1. The van der Waals surface area contributed by atoms with E-state index in [0.29, 0.717) is 41.9 Å². The molecule has 24 heavy (non-hydrogen) atoms. The molecule has 3 rings (SSSR count). The number of rotatable bonds is 4. The molecule has 2 aromatic rings. The molecular formula is C16H21N5O3. The minimum Gasteiger partial charge on any atom is -0.381 e. The number of hydrogen-bond donors (Lipinski definition) is 3. The van der Waals surface area contributed by atoms with Gasteiger partial charge in [-0.3, -0.25) is 14.6 Å². The van der Waals surface area contributed by atoms with Gasteiger partial charge in [0.1, 0.15) is 5.82 Å². The van der Waals surface area contributed by atoms with E-state index in [1.165, 1.54) is 6.07 Å². The van der Waals surface area contributed by atoms with Crippen molar-refractivity contribution in [2.24, 2.45) is 0 Å². The predicted molar refractivity (Wildman–Crippen MR) is 89.5 cm³/mol. The summed E-state index contributed by atoms with van der Waals surface area (Å²) < 4.78 is 5.32. The number of ether oxygens (including phenoxy) is 1. The second kappa shape index (κ2) is 6.96. The zero-order chi connectivity index (χ0) is 17.1. The van der Waals surface area contributed by atoms with Crippen LogP contribution in [0.2, 0.25) is 0 Å². The summed E-state index contributed by atoms with van der Waals surface area (Å²) in [7, 11) is 0. The average Bonchev–Trinajstić information content (AvgIpc) is 2.51. The quantitative estimate of drug-likeness (QED) is 0.758. The first-order chi connectivity index (χ1) is 11.5. The van der Waals surface area contributed by atoms with Gasteiger partial charge in [-0.25, -0.2) is 9.97 Å². The van der Waals surface area contributed by atoms with Crippen LogP contribution in [-0.2, 0) is 11.2 Å². The number of nitrogens with zero attached hydrogens (tertiary/aromatic N) is 2. The van der Waals surface area contributed by atoms with E-state index in [9.17, 15) is 9.59 Å². The molecule has 8 nitrogen and oxygen atoms in total. The smallest absolute Gasteiger partial charge is 0.254 e. The Morgan fingerprint density at radius 2 is 1.96 bits per heavy atom. The van der Waals surface area contributed by atoms with Crippen molar-refractivity contribution in [2.75, 3.05) is 18.5 Å². The Morgan fingerprint density at radius 1 is 1.21 bits per heavy atom. The molecule has 1 aliphatic rings. The molecule has 1 fully saturated rings. The first-order valence-electron chi connectivity index (χ1n) is 8.02. The standard InChI is InChI=1S/C16H21N5O3/c1-9-13(15(23)18-10(2)17-9)7-12-8-14(22)21-16(20-12)19-11-3-5-24-6-4-11/h8,11H,3-7H2,1-2H3,(H,17,18,23)(H2,19,20,21,22). The van der Waals surface area contributed by atoms with Gasteiger partial charge in [-0.2, -0.15) is 0 Å². The minimum atomic E-state index is -0.247. The molecule has 3 N–H and O–H groups in total. The van der Waals surface area contributed by atoms with Gasteiger partial charge in [0.15, 0.2) is 0 Å². The van der Waals surface area contributed by atoms with Crippen molar-refractivity contribution in [2.45, 2.75) is 39.2 Å². The van der Waals surface area contributed by atoms with Gasteiger partial charge in [0.25, 0.3) is 11.1 Å². The molecule has 1 aliphatic heterocycles. The van der Waals surface area contributed by atoms with E-state index >= 15 is 0 Å². The summed E-state index contributed by atoms with van der Waals surface area (Å²) in [5.74, 6) is 1.00. The normalized spacial score (nSPS) is 15.4. The lowest BCUT2D eigenvalue weighted by molar-refractivity contribution is 0.0903. The van der Waals surface area contributed by atoms with Crippen LogP contribution >= 0.6 is 0 Å². The molecule has 2 aromatic heterocycles. The maximum atomic E-state index is 12.1. The van der Waals surface area contributed by atoms with Crippen molar-refractivity contribution in [1.29, 1.82) is 0 Å². The third kappa shape index (κ3) is 3.88. The van der Waals surface area contributed by atoms with Crippen LogP contribution in [0.1, 0.15) is 35.6 Å². The van der Waals surface area contributed by atoms with E-state index in [0.717, 1.165) is 12.8 Å². The molecule has 128 valence electrons. The molecular weight excluding hydrogens is 310 g/mol. The summed E-state index contributed by atoms with van der Waals surface area (Å²) in [6.45, 7) is 4.92. The second-order valence-corrected chi connectivity index (χ2v) is 6.01. The van der Waals surface area contributed by atoms with E-state index < -0.39 is 0 Å². The number of nitrogens with one attached hydrogen (secondary N) is 3. The molecule has 0 atom stereocenters. The predicted octanol–water partition coefficient (Wildman–Crippen LogP) is 0.652. The molecule has 0 radical (unpaired) electrons. The summed E-state index contributed by atoms with van der Waals surface area (Å²) in [6, 6.07) is 1.64. The molecule has 0 aromatic carbocycles. The molecule has 8 heteroatoms. The van der Waals surface area contributed by atoms with Crippen LogP contribution in [-0.4, -0.2) is 39.2 Å². The van der Waals surface area contributed by atoms with Gasteiger partial charge in [0.2, 0.25) is 5.95 Å². The van der Waals surface area contributed by atoms with Crippen molar-refractivity contribution in [1.82, 2.24) is 19.9 Å². The number of aromatic amines is 2. The highest BCUT2D eigenvalue weighted by Gasteiger charge is 2.15. The lowest BCUT2D eigenvalue weighted by Crippen LogP contribution is -2.30. The highest BCUT2D eigenvalue weighted by Crippen LogP contribution is 2.12. The summed E-state index contributed by atoms with van der Waals surface area (Å²) >= 11 is 0. The van der Waals surface area contributed by atoms with Crippen LogP contribution in [0.15, 0.2) is 15.7 Å². The van der Waals surface area contributed by atoms with Gasteiger partial charge in [-0.15, -0.1) is 0 Å². The number of H-pyrrole nitrogens is 2.